The fraction of sp³-hybridized carbons (Fsp3) is 0.294. The summed E-state index contributed by atoms with van der Waals surface area (Å²) in [6.45, 7) is 3.57. The van der Waals surface area contributed by atoms with E-state index in [1.807, 2.05) is 55.3 Å². The van der Waals surface area contributed by atoms with Crippen molar-refractivity contribution >= 4 is 11.4 Å². The molecule has 0 atom stereocenters. The van der Waals surface area contributed by atoms with E-state index in [1.165, 1.54) is 0 Å². The number of ether oxygens (including phenoxy) is 1. The number of rotatable bonds is 6. The van der Waals surface area contributed by atoms with Gasteiger partial charge in [0.25, 0.3) is 0 Å². The molecule has 0 bridgehead atoms. The largest absolute Gasteiger partial charge is 0.497 e. The molecule has 21 heavy (non-hydrogen) atoms. The molecule has 0 unspecified atom stereocenters. The Morgan fingerprint density at radius 2 is 2.00 bits per heavy atom. The molecule has 0 heterocycles. The molecule has 112 valence electrons. The Balaban J connectivity index is 2.24. The van der Waals surface area contributed by atoms with Gasteiger partial charge in [-0.15, -0.1) is 0 Å². The molecule has 0 fully saturated rings. The van der Waals surface area contributed by atoms with E-state index in [0.29, 0.717) is 12.2 Å². The van der Waals surface area contributed by atoms with Gasteiger partial charge in [-0.1, -0.05) is 19.1 Å². The number of nitrogens with zero attached hydrogens (tertiary/aromatic N) is 1. The molecule has 0 amide bonds. The Hall–Kier alpha value is -2.07. The van der Waals surface area contributed by atoms with Crippen molar-refractivity contribution in [1.29, 1.82) is 0 Å². The van der Waals surface area contributed by atoms with E-state index < -0.39 is 0 Å². The zero-order valence-corrected chi connectivity index (χ0v) is 12.7. The SMILES string of the molecule is CCNCc1ccc(N(C)c2cccc(OC)c2)c(F)c1. The van der Waals surface area contributed by atoms with Gasteiger partial charge in [-0.2, -0.15) is 0 Å². The van der Waals surface area contributed by atoms with Gasteiger partial charge in [-0.3, -0.25) is 0 Å². The summed E-state index contributed by atoms with van der Waals surface area (Å²) in [4.78, 5) is 1.81. The Morgan fingerprint density at radius 1 is 1.19 bits per heavy atom. The second-order valence-corrected chi connectivity index (χ2v) is 4.83. The molecular formula is C17H21FN2O. The number of hydrogen-bond donors (Lipinski definition) is 1. The zero-order valence-electron chi connectivity index (χ0n) is 12.7. The summed E-state index contributed by atoms with van der Waals surface area (Å²) in [5.74, 6) is 0.527. The van der Waals surface area contributed by atoms with Crippen LogP contribution < -0.4 is 15.0 Å². The molecule has 0 aliphatic carbocycles. The van der Waals surface area contributed by atoms with Crippen LogP contribution in [0.1, 0.15) is 12.5 Å². The van der Waals surface area contributed by atoms with Crippen LogP contribution in [0.15, 0.2) is 42.5 Å². The maximum absolute atomic E-state index is 14.3. The molecular weight excluding hydrogens is 267 g/mol. The van der Waals surface area contributed by atoms with Crippen molar-refractivity contribution in [2.24, 2.45) is 0 Å². The third kappa shape index (κ3) is 3.73. The van der Waals surface area contributed by atoms with E-state index in [1.54, 1.807) is 13.2 Å². The van der Waals surface area contributed by atoms with Crippen molar-refractivity contribution in [2.45, 2.75) is 13.5 Å². The summed E-state index contributed by atoms with van der Waals surface area (Å²) in [5.41, 5.74) is 2.37. The fourth-order valence-electron chi connectivity index (χ4n) is 2.16. The van der Waals surface area contributed by atoms with E-state index in [4.69, 9.17) is 4.74 Å². The first-order valence-electron chi connectivity index (χ1n) is 7.02. The molecule has 2 aromatic rings. The summed E-state index contributed by atoms with van der Waals surface area (Å²) in [5, 5.41) is 3.19. The Labute approximate surface area is 125 Å². The number of halogens is 1. The molecule has 4 heteroatoms. The zero-order chi connectivity index (χ0) is 15.2. The monoisotopic (exact) mass is 288 g/mol. The third-order valence-electron chi connectivity index (χ3n) is 3.39. The minimum Gasteiger partial charge on any atom is -0.497 e. The first kappa shape index (κ1) is 15.3. The lowest BCUT2D eigenvalue weighted by Gasteiger charge is -2.21. The molecule has 3 nitrogen and oxygen atoms in total. The lowest BCUT2D eigenvalue weighted by atomic mass is 10.1. The predicted molar refractivity (Wildman–Crippen MR) is 84.8 cm³/mol. The van der Waals surface area contributed by atoms with Crippen molar-refractivity contribution in [3.05, 3.63) is 53.8 Å². The molecule has 1 N–H and O–H groups in total. The smallest absolute Gasteiger partial charge is 0.147 e. The highest BCUT2D eigenvalue weighted by Gasteiger charge is 2.10. The summed E-state index contributed by atoms with van der Waals surface area (Å²) in [7, 11) is 3.46. The second-order valence-electron chi connectivity index (χ2n) is 4.83. The van der Waals surface area contributed by atoms with Crippen LogP contribution >= 0.6 is 0 Å². The summed E-state index contributed by atoms with van der Waals surface area (Å²) >= 11 is 0. The lowest BCUT2D eigenvalue weighted by Crippen LogP contribution is -2.14. The van der Waals surface area contributed by atoms with Crippen molar-refractivity contribution < 1.29 is 9.13 Å². The van der Waals surface area contributed by atoms with E-state index in [9.17, 15) is 4.39 Å². The van der Waals surface area contributed by atoms with E-state index >= 15 is 0 Å². The van der Waals surface area contributed by atoms with Gasteiger partial charge < -0.3 is 15.0 Å². The van der Waals surface area contributed by atoms with Crippen LogP contribution in [0.5, 0.6) is 5.75 Å². The molecule has 0 radical (unpaired) electrons. The van der Waals surface area contributed by atoms with Crippen LogP contribution in [0.4, 0.5) is 15.8 Å². The molecule has 2 rings (SSSR count). The van der Waals surface area contributed by atoms with Gasteiger partial charge >= 0.3 is 0 Å². The summed E-state index contributed by atoms with van der Waals surface area (Å²) < 4.78 is 19.5. The van der Waals surface area contributed by atoms with Gasteiger partial charge in [0.2, 0.25) is 0 Å². The Bertz CT molecular complexity index is 601. The lowest BCUT2D eigenvalue weighted by molar-refractivity contribution is 0.415. The first-order chi connectivity index (χ1) is 10.2. The van der Waals surface area contributed by atoms with E-state index in [2.05, 4.69) is 5.32 Å². The predicted octanol–water partition coefficient (Wildman–Crippen LogP) is 3.71. The van der Waals surface area contributed by atoms with Crippen LogP contribution in [0.2, 0.25) is 0 Å². The van der Waals surface area contributed by atoms with E-state index in [-0.39, 0.29) is 5.82 Å². The minimum atomic E-state index is -0.226. The second kappa shape index (κ2) is 7.09. The van der Waals surface area contributed by atoms with Crippen molar-refractivity contribution in [2.75, 3.05) is 25.6 Å². The highest BCUT2D eigenvalue weighted by molar-refractivity contribution is 5.64. The van der Waals surface area contributed by atoms with Crippen LogP contribution in [-0.2, 0) is 6.54 Å². The number of benzene rings is 2. The van der Waals surface area contributed by atoms with E-state index in [0.717, 1.165) is 23.5 Å². The summed E-state index contributed by atoms with van der Waals surface area (Å²) in [6, 6.07) is 12.9. The maximum atomic E-state index is 14.3. The van der Waals surface area contributed by atoms with Gasteiger partial charge in [0.05, 0.1) is 12.8 Å². The molecule has 0 saturated carbocycles. The summed E-state index contributed by atoms with van der Waals surface area (Å²) in [6.07, 6.45) is 0. The Kier molecular flexibility index (Phi) is 5.17. The number of nitrogens with one attached hydrogen (secondary N) is 1. The highest BCUT2D eigenvalue weighted by atomic mass is 19.1. The average molecular weight is 288 g/mol. The molecule has 0 aliphatic rings. The average Bonchev–Trinajstić information content (AvgIpc) is 2.52. The first-order valence-corrected chi connectivity index (χ1v) is 7.02. The molecule has 0 aromatic heterocycles. The standard InChI is InChI=1S/C17H21FN2O/c1-4-19-12-13-8-9-17(16(18)10-13)20(2)14-6-5-7-15(11-14)21-3/h5-11,19H,4,12H2,1-3H3. The van der Waals surface area contributed by atoms with Gasteiger partial charge in [-0.05, 0) is 36.4 Å². The maximum Gasteiger partial charge on any atom is 0.147 e. The minimum absolute atomic E-state index is 0.226. The van der Waals surface area contributed by atoms with Crippen molar-refractivity contribution in [3.63, 3.8) is 0 Å². The molecule has 0 spiro atoms. The number of anilines is 2. The third-order valence-corrected chi connectivity index (χ3v) is 3.39. The van der Waals surface area contributed by atoms with Crippen molar-refractivity contribution in [1.82, 2.24) is 5.32 Å². The van der Waals surface area contributed by atoms with Crippen molar-refractivity contribution in [3.8, 4) is 5.75 Å². The van der Waals surface area contributed by atoms with Crippen LogP contribution in [0.3, 0.4) is 0 Å². The van der Waals surface area contributed by atoms with Gasteiger partial charge in [-0.25, -0.2) is 4.39 Å². The van der Waals surface area contributed by atoms with Crippen LogP contribution in [0, 0.1) is 5.82 Å². The Morgan fingerprint density at radius 3 is 2.67 bits per heavy atom. The molecule has 2 aromatic carbocycles. The van der Waals surface area contributed by atoms with Crippen LogP contribution in [0.25, 0.3) is 0 Å². The highest BCUT2D eigenvalue weighted by Crippen LogP contribution is 2.29. The molecule has 0 aliphatic heterocycles. The van der Waals surface area contributed by atoms with Gasteiger partial charge in [0.15, 0.2) is 0 Å². The number of hydrogen-bond acceptors (Lipinski definition) is 3. The molecule has 0 saturated heterocycles. The quantitative estimate of drug-likeness (QED) is 0.877. The number of methoxy groups -OCH3 is 1. The topological polar surface area (TPSA) is 24.5 Å². The normalized spacial score (nSPS) is 10.5. The van der Waals surface area contributed by atoms with Gasteiger partial charge in [0.1, 0.15) is 11.6 Å². The van der Waals surface area contributed by atoms with Crippen LogP contribution in [-0.4, -0.2) is 20.7 Å². The fourth-order valence-corrected chi connectivity index (χ4v) is 2.16. The van der Waals surface area contributed by atoms with Gasteiger partial charge in [0, 0.05) is 25.3 Å².